The Bertz CT molecular complexity index is 493. The van der Waals surface area contributed by atoms with Crippen molar-refractivity contribution in [3.63, 3.8) is 0 Å². The first-order chi connectivity index (χ1) is 11.7. The van der Waals surface area contributed by atoms with E-state index in [2.05, 4.69) is 41.7 Å². The van der Waals surface area contributed by atoms with E-state index in [1.807, 2.05) is 0 Å². The molecule has 2 aliphatic rings. The summed E-state index contributed by atoms with van der Waals surface area (Å²) in [6.45, 7) is 7.85. The first-order valence-corrected chi connectivity index (χ1v) is 9.26. The fourth-order valence-electron chi connectivity index (χ4n) is 2.63. The lowest BCUT2D eigenvalue weighted by Crippen LogP contribution is -2.37. The van der Waals surface area contributed by atoms with Crippen LogP contribution in [0.15, 0.2) is 4.60 Å². The first kappa shape index (κ1) is 19.2. The van der Waals surface area contributed by atoms with Crippen molar-refractivity contribution < 1.29 is 9.53 Å². The number of carbonyl (C=O) groups is 1. The maximum absolute atomic E-state index is 11.3. The quantitative estimate of drug-likeness (QED) is 0.523. The first-order valence-electron chi connectivity index (χ1n) is 8.47. The monoisotopic (exact) mass is 402 g/mol. The van der Waals surface area contributed by atoms with E-state index in [1.165, 1.54) is 25.9 Å². The Morgan fingerprint density at radius 1 is 1.33 bits per heavy atom. The van der Waals surface area contributed by atoms with Crippen molar-refractivity contribution in [3.8, 4) is 0 Å². The number of rotatable bonds is 6. The highest BCUT2D eigenvalue weighted by atomic mass is 79.9. The topological polar surface area (TPSA) is 108 Å². The Balaban J connectivity index is 0.000000355. The Morgan fingerprint density at radius 3 is 2.62 bits per heavy atom. The lowest BCUT2D eigenvalue weighted by atomic mass is 10.3. The van der Waals surface area contributed by atoms with Gasteiger partial charge in [0.05, 0.1) is 13.2 Å². The molecule has 1 aromatic heterocycles. The molecule has 3 rings (SSSR count). The molecule has 3 heterocycles. The number of nitrogens with two attached hydrogens (primary N) is 1. The number of ether oxygens (including phenoxy) is 1. The van der Waals surface area contributed by atoms with Crippen LogP contribution >= 0.6 is 15.9 Å². The van der Waals surface area contributed by atoms with Gasteiger partial charge in [0.15, 0.2) is 5.82 Å². The van der Waals surface area contributed by atoms with Crippen LogP contribution in [0, 0.1) is 0 Å². The standard InChI is InChI=1S/C11H18BrN5O2.C4H9N/c12-9-8(10(13)18)11(16-15-9)14-2-1-3-17-4-6-19-7-5-17;1-2-4-5-3-1/h1-7H2,(H2,13,18)(H2,14,15,16);5H,1-4H2. The molecule has 9 heteroatoms. The van der Waals surface area contributed by atoms with Crippen molar-refractivity contribution in [3.05, 3.63) is 10.2 Å². The molecule has 2 aliphatic heterocycles. The molecule has 2 saturated heterocycles. The van der Waals surface area contributed by atoms with Gasteiger partial charge in [0.1, 0.15) is 10.2 Å². The molecule has 0 radical (unpaired) electrons. The number of anilines is 1. The zero-order chi connectivity index (χ0) is 17.2. The highest BCUT2D eigenvalue weighted by molar-refractivity contribution is 9.10. The molecule has 0 bridgehead atoms. The third-order valence-electron chi connectivity index (χ3n) is 3.97. The number of nitrogens with zero attached hydrogens (tertiary/aromatic N) is 2. The predicted molar refractivity (Wildman–Crippen MR) is 97.3 cm³/mol. The number of primary amides is 1. The van der Waals surface area contributed by atoms with Crippen LogP contribution in [-0.2, 0) is 4.74 Å². The maximum Gasteiger partial charge on any atom is 0.255 e. The lowest BCUT2D eigenvalue weighted by Gasteiger charge is -2.26. The van der Waals surface area contributed by atoms with Crippen LogP contribution in [0.4, 0.5) is 5.82 Å². The minimum Gasteiger partial charge on any atom is -0.379 e. The second-order valence-corrected chi connectivity index (χ2v) is 6.61. The predicted octanol–water partition coefficient (Wildman–Crippen LogP) is 0.775. The minimum absolute atomic E-state index is 0.367. The summed E-state index contributed by atoms with van der Waals surface area (Å²) in [5, 5.41) is 13.0. The Labute approximate surface area is 151 Å². The smallest absolute Gasteiger partial charge is 0.255 e. The molecule has 5 N–H and O–H groups in total. The van der Waals surface area contributed by atoms with Gasteiger partial charge >= 0.3 is 0 Å². The second-order valence-electron chi connectivity index (χ2n) is 5.82. The fourth-order valence-corrected chi connectivity index (χ4v) is 3.10. The molecule has 1 amide bonds. The molecule has 1 aromatic rings. The summed E-state index contributed by atoms with van der Waals surface area (Å²) >= 11 is 3.21. The largest absolute Gasteiger partial charge is 0.379 e. The van der Waals surface area contributed by atoms with Crippen molar-refractivity contribution in [2.45, 2.75) is 19.3 Å². The molecule has 2 fully saturated rings. The van der Waals surface area contributed by atoms with Crippen molar-refractivity contribution >= 4 is 27.7 Å². The molecule has 0 atom stereocenters. The van der Waals surface area contributed by atoms with Crippen molar-refractivity contribution in [1.82, 2.24) is 20.4 Å². The molecule has 24 heavy (non-hydrogen) atoms. The molecule has 136 valence electrons. The van der Waals surface area contributed by atoms with E-state index in [1.54, 1.807) is 0 Å². The van der Waals surface area contributed by atoms with Crippen LogP contribution in [0.2, 0.25) is 0 Å². The number of halogens is 1. The van der Waals surface area contributed by atoms with E-state index in [-0.39, 0.29) is 0 Å². The minimum atomic E-state index is -0.503. The zero-order valence-corrected chi connectivity index (χ0v) is 15.5. The highest BCUT2D eigenvalue weighted by Crippen LogP contribution is 2.20. The van der Waals surface area contributed by atoms with Crippen molar-refractivity contribution in [2.75, 3.05) is 57.8 Å². The summed E-state index contributed by atoms with van der Waals surface area (Å²) in [4.78, 5) is 13.6. The summed E-state index contributed by atoms with van der Waals surface area (Å²) in [6, 6.07) is 0. The van der Waals surface area contributed by atoms with E-state index in [9.17, 15) is 4.79 Å². The van der Waals surface area contributed by atoms with E-state index < -0.39 is 5.91 Å². The van der Waals surface area contributed by atoms with Crippen LogP contribution in [0.3, 0.4) is 0 Å². The molecular formula is C15H27BrN6O2. The van der Waals surface area contributed by atoms with Crippen LogP contribution in [0.5, 0.6) is 0 Å². The zero-order valence-electron chi connectivity index (χ0n) is 13.9. The summed E-state index contributed by atoms with van der Waals surface area (Å²) in [6.07, 6.45) is 3.75. The fraction of sp³-hybridized carbons (Fsp3) is 0.733. The number of morpholine rings is 1. The molecular weight excluding hydrogens is 376 g/mol. The number of hydrogen-bond donors (Lipinski definition) is 4. The van der Waals surface area contributed by atoms with Gasteiger partial charge in [0.25, 0.3) is 5.91 Å². The number of H-pyrrole nitrogens is 1. The van der Waals surface area contributed by atoms with Gasteiger partial charge in [0.2, 0.25) is 0 Å². The Morgan fingerprint density at radius 2 is 2.04 bits per heavy atom. The maximum atomic E-state index is 11.3. The number of amides is 1. The third kappa shape index (κ3) is 6.39. The Kier molecular flexibility index (Phi) is 8.51. The van der Waals surface area contributed by atoms with Crippen LogP contribution in [0.1, 0.15) is 29.6 Å². The van der Waals surface area contributed by atoms with E-state index in [0.717, 1.165) is 45.8 Å². The lowest BCUT2D eigenvalue weighted by molar-refractivity contribution is 0.0378. The SMILES string of the molecule is C1CCNC1.NC(=O)c1c(NCCCN2CCOCC2)n[nH]c1Br. The van der Waals surface area contributed by atoms with Crippen LogP contribution in [0.25, 0.3) is 0 Å². The molecule has 0 aliphatic carbocycles. The molecule has 0 unspecified atom stereocenters. The number of carbonyl (C=O) groups excluding carboxylic acids is 1. The molecule has 8 nitrogen and oxygen atoms in total. The highest BCUT2D eigenvalue weighted by Gasteiger charge is 2.16. The van der Waals surface area contributed by atoms with E-state index >= 15 is 0 Å². The summed E-state index contributed by atoms with van der Waals surface area (Å²) in [5.41, 5.74) is 5.66. The van der Waals surface area contributed by atoms with Crippen LogP contribution < -0.4 is 16.4 Å². The Hall–Kier alpha value is -1.16. The van der Waals surface area contributed by atoms with Crippen molar-refractivity contribution in [1.29, 1.82) is 0 Å². The van der Waals surface area contributed by atoms with Gasteiger partial charge < -0.3 is 21.1 Å². The third-order valence-corrected chi connectivity index (χ3v) is 4.55. The number of nitrogens with one attached hydrogen (secondary N) is 3. The number of hydrogen-bond acceptors (Lipinski definition) is 6. The molecule has 0 aromatic carbocycles. The van der Waals surface area contributed by atoms with Gasteiger partial charge in [0, 0.05) is 19.6 Å². The average molecular weight is 403 g/mol. The van der Waals surface area contributed by atoms with Gasteiger partial charge in [-0.05, 0) is 54.8 Å². The van der Waals surface area contributed by atoms with Gasteiger partial charge in [-0.3, -0.25) is 14.8 Å². The van der Waals surface area contributed by atoms with Crippen LogP contribution in [-0.4, -0.2) is 73.5 Å². The summed E-state index contributed by atoms with van der Waals surface area (Å²) in [7, 11) is 0. The molecule has 0 saturated carbocycles. The van der Waals surface area contributed by atoms with Crippen molar-refractivity contribution in [2.24, 2.45) is 5.73 Å². The normalized spacial score (nSPS) is 18.0. The second kappa shape index (κ2) is 10.7. The van der Waals surface area contributed by atoms with Gasteiger partial charge in [-0.25, -0.2) is 0 Å². The van der Waals surface area contributed by atoms with Gasteiger partial charge in [-0.15, -0.1) is 0 Å². The van der Waals surface area contributed by atoms with Gasteiger partial charge in [-0.1, -0.05) is 0 Å². The summed E-state index contributed by atoms with van der Waals surface area (Å²) in [5.74, 6) is -0.00217. The van der Waals surface area contributed by atoms with E-state index in [0.29, 0.717) is 16.0 Å². The van der Waals surface area contributed by atoms with Gasteiger partial charge in [-0.2, -0.15) is 5.10 Å². The number of aromatic amines is 1. The number of aromatic nitrogens is 2. The van der Waals surface area contributed by atoms with E-state index in [4.69, 9.17) is 10.5 Å². The summed E-state index contributed by atoms with van der Waals surface area (Å²) < 4.78 is 5.80. The molecule has 0 spiro atoms. The average Bonchev–Trinajstić information content (AvgIpc) is 3.26.